The van der Waals surface area contributed by atoms with E-state index in [2.05, 4.69) is 24.3 Å². The second-order valence-corrected chi connectivity index (χ2v) is 5.19. The SMILES string of the molecule is CNC(Cc1c(C)nn(C)c1Cl)C(C)(C)OC. The van der Waals surface area contributed by atoms with Gasteiger partial charge in [-0.2, -0.15) is 5.10 Å². The maximum Gasteiger partial charge on any atom is 0.130 e. The summed E-state index contributed by atoms with van der Waals surface area (Å²) in [7, 11) is 5.52. The molecule has 0 aromatic carbocycles. The summed E-state index contributed by atoms with van der Waals surface area (Å²) in [5.41, 5.74) is 1.81. The molecule has 0 saturated heterocycles. The first-order valence-electron chi connectivity index (χ1n) is 5.73. The van der Waals surface area contributed by atoms with Crippen molar-refractivity contribution in [2.24, 2.45) is 7.05 Å². The molecule has 0 radical (unpaired) electrons. The molecule has 0 spiro atoms. The van der Waals surface area contributed by atoms with Crippen molar-refractivity contribution in [2.45, 2.75) is 38.8 Å². The van der Waals surface area contributed by atoms with Crippen LogP contribution in [-0.2, 0) is 18.2 Å². The minimum atomic E-state index is -0.250. The largest absolute Gasteiger partial charge is 0.377 e. The fourth-order valence-electron chi connectivity index (χ4n) is 1.95. The minimum absolute atomic E-state index is 0.188. The van der Waals surface area contributed by atoms with E-state index in [1.165, 1.54) is 0 Å². The molecule has 0 bridgehead atoms. The van der Waals surface area contributed by atoms with Gasteiger partial charge in [-0.1, -0.05) is 11.6 Å². The minimum Gasteiger partial charge on any atom is -0.377 e. The van der Waals surface area contributed by atoms with Crippen LogP contribution in [0.2, 0.25) is 5.15 Å². The quantitative estimate of drug-likeness (QED) is 0.878. The molecule has 4 nitrogen and oxygen atoms in total. The van der Waals surface area contributed by atoms with E-state index in [0.717, 1.165) is 17.7 Å². The van der Waals surface area contributed by atoms with E-state index in [1.54, 1.807) is 11.8 Å². The highest BCUT2D eigenvalue weighted by Gasteiger charge is 2.30. The molecular weight excluding hydrogens is 238 g/mol. The predicted molar refractivity (Wildman–Crippen MR) is 70.6 cm³/mol. The summed E-state index contributed by atoms with van der Waals surface area (Å²) < 4.78 is 7.22. The van der Waals surface area contributed by atoms with E-state index in [4.69, 9.17) is 16.3 Å². The molecule has 0 amide bonds. The van der Waals surface area contributed by atoms with E-state index in [-0.39, 0.29) is 11.6 Å². The van der Waals surface area contributed by atoms with Gasteiger partial charge in [-0.05, 0) is 34.2 Å². The molecule has 0 aliphatic carbocycles. The van der Waals surface area contributed by atoms with Crippen molar-refractivity contribution >= 4 is 11.6 Å². The number of hydrogen-bond donors (Lipinski definition) is 1. The zero-order chi connectivity index (χ0) is 13.2. The van der Waals surface area contributed by atoms with Gasteiger partial charge in [-0.3, -0.25) is 4.68 Å². The first kappa shape index (κ1) is 14.5. The number of nitrogens with one attached hydrogen (secondary N) is 1. The average molecular weight is 260 g/mol. The van der Waals surface area contributed by atoms with Crippen molar-refractivity contribution in [1.29, 1.82) is 0 Å². The summed E-state index contributed by atoms with van der Waals surface area (Å²) in [6.45, 7) is 6.11. The Morgan fingerprint density at radius 3 is 2.47 bits per heavy atom. The highest BCUT2D eigenvalue weighted by molar-refractivity contribution is 6.30. The van der Waals surface area contributed by atoms with Gasteiger partial charge in [0.15, 0.2) is 0 Å². The molecule has 0 saturated carbocycles. The van der Waals surface area contributed by atoms with Gasteiger partial charge in [-0.15, -0.1) is 0 Å². The molecule has 1 aromatic heterocycles. The zero-order valence-electron chi connectivity index (χ0n) is 11.5. The summed E-state index contributed by atoms with van der Waals surface area (Å²) in [6.07, 6.45) is 0.801. The fourth-order valence-corrected chi connectivity index (χ4v) is 2.20. The van der Waals surface area contributed by atoms with Crippen molar-refractivity contribution in [2.75, 3.05) is 14.2 Å². The smallest absolute Gasteiger partial charge is 0.130 e. The van der Waals surface area contributed by atoms with Crippen LogP contribution in [0.5, 0.6) is 0 Å². The Morgan fingerprint density at radius 1 is 1.53 bits per heavy atom. The third-order valence-electron chi connectivity index (χ3n) is 3.39. The van der Waals surface area contributed by atoms with E-state index in [0.29, 0.717) is 5.15 Å². The molecule has 0 fully saturated rings. The first-order valence-corrected chi connectivity index (χ1v) is 6.11. The van der Waals surface area contributed by atoms with Crippen LogP contribution in [0.25, 0.3) is 0 Å². The molecule has 1 unspecified atom stereocenters. The zero-order valence-corrected chi connectivity index (χ0v) is 12.2. The maximum absolute atomic E-state index is 6.24. The molecule has 5 heteroatoms. The second-order valence-electron chi connectivity index (χ2n) is 4.83. The second kappa shape index (κ2) is 5.38. The Balaban J connectivity index is 2.96. The van der Waals surface area contributed by atoms with Crippen LogP contribution in [0.1, 0.15) is 25.1 Å². The Labute approximate surface area is 108 Å². The van der Waals surface area contributed by atoms with Crippen molar-refractivity contribution in [3.05, 3.63) is 16.4 Å². The number of rotatable bonds is 5. The molecule has 1 heterocycles. The van der Waals surface area contributed by atoms with Gasteiger partial charge >= 0.3 is 0 Å². The molecule has 1 N–H and O–H groups in total. The van der Waals surface area contributed by atoms with Gasteiger partial charge in [0.2, 0.25) is 0 Å². The maximum atomic E-state index is 6.24. The van der Waals surface area contributed by atoms with E-state index in [1.807, 2.05) is 21.0 Å². The lowest BCUT2D eigenvalue weighted by molar-refractivity contribution is -0.00799. The summed E-state index contributed by atoms with van der Waals surface area (Å²) >= 11 is 6.24. The summed E-state index contributed by atoms with van der Waals surface area (Å²) in [6, 6.07) is 0.188. The van der Waals surface area contributed by atoms with Crippen LogP contribution in [0, 0.1) is 6.92 Å². The molecule has 1 atom stereocenters. The lowest BCUT2D eigenvalue weighted by Gasteiger charge is -2.33. The number of halogens is 1. The number of nitrogens with zero attached hydrogens (tertiary/aromatic N) is 2. The fraction of sp³-hybridized carbons (Fsp3) is 0.750. The van der Waals surface area contributed by atoms with Gasteiger partial charge in [-0.25, -0.2) is 0 Å². The Hall–Kier alpha value is -0.580. The van der Waals surface area contributed by atoms with Crippen LogP contribution >= 0.6 is 11.6 Å². The van der Waals surface area contributed by atoms with Gasteiger partial charge in [0.05, 0.1) is 11.3 Å². The van der Waals surface area contributed by atoms with Gasteiger partial charge in [0, 0.05) is 25.8 Å². The number of likely N-dealkylation sites (N-methyl/N-ethyl adjacent to an activating group) is 1. The van der Waals surface area contributed by atoms with Crippen LogP contribution < -0.4 is 5.32 Å². The highest BCUT2D eigenvalue weighted by Crippen LogP contribution is 2.24. The summed E-state index contributed by atoms with van der Waals surface area (Å²) in [5.74, 6) is 0. The number of methoxy groups -OCH3 is 1. The van der Waals surface area contributed by atoms with Gasteiger partial charge < -0.3 is 10.1 Å². The molecule has 98 valence electrons. The van der Waals surface area contributed by atoms with Gasteiger partial charge in [0.1, 0.15) is 5.15 Å². The van der Waals surface area contributed by atoms with Crippen molar-refractivity contribution in [3.8, 4) is 0 Å². The normalized spacial score (nSPS) is 14.1. The van der Waals surface area contributed by atoms with E-state index >= 15 is 0 Å². The first-order chi connectivity index (χ1) is 7.83. The predicted octanol–water partition coefficient (Wildman–Crippen LogP) is 1.94. The van der Waals surface area contributed by atoms with E-state index in [9.17, 15) is 0 Å². The lowest BCUT2D eigenvalue weighted by atomic mass is 9.92. The van der Waals surface area contributed by atoms with Crippen LogP contribution in [0.3, 0.4) is 0 Å². The van der Waals surface area contributed by atoms with Crippen molar-refractivity contribution < 1.29 is 4.74 Å². The third-order valence-corrected chi connectivity index (χ3v) is 3.86. The Morgan fingerprint density at radius 2 is 2.12 bits per heavy atom. The number of aromatic nitrogens is 2. The topological polar surface area (TPSA) is 39.1 Å². The molecule has 1 rings (SSSR count). The van der Waals surface area contributed by atoms with E-state index < -0.39 is 0 Å². The third kappa shape index (κ3) is 3.00. The summed E-state index contributed by atoms with van der Waals surface area (Å²) in [4.78, 5) is 0. The van der Waals surface area contributed by atoms with Crippen molar-refractivity contribution in [3.63, 3.8) is 0 Å². The average Bonchev–Trinajstić information content (AvgIpc) is 2.51. The van der Waals surface area contributed by atoms with Crippen molar-refractivity contribution in [1.82, 2.24) is 15.1 Å². The Kier molecular flexibility index (Phi) is 4.58. The monoisotopic (exact) mass is 259 g/mol. The standard InChI is InChI=1S/C12H22ClN3O/c1-8-9(11(13)16(5)15-8)7-10(14-4)12(2,3)17-6/h10,14H,7H2,1-6H3. The molecule has 0 aliphatic rings. The number of aryl methyl sites for hydroxylation is 2. The van der Waals surface area contributed by atoms with Gasteiger partial charge in [0.25, 0.3) is 0 Å². The van der Waals surface area contributed by atoms with Crippen LogP contribution in [0.4, 0.5) is 0 Å². The number of ether oxygens (including phenoxy) is 1. The number of hydrogen-bond acceptors (Lipinski definition) is 3. The highest BCUT2D eigenvalue weighted by atomic mass is 35.5. The van der Waals surface area contributed by atoms with Crippen LogP contribution in [-0.4, -0.2) is 35.6 Å². The molecule has 1 aromatic rings. The lowest BCUT2D eigenvalue weighted by Crippen LogP contribution is -2.48. The van der Waals surface area contributed by atoms with Crippen LogP contribution in [0.15, 0.2) is 0 Å². The summed E-state index contributed by atoms with van der Waals surface area (Å²) in [5, 5.41) is 8.31. The molecule has 17 heavy (non-hydrogen) atoms. The molecular formula is C12H22ClN3O. The molecule has 0 aliphatic heterocycles. The Bertz CT molecular complexity index is 387.